The van der Waals surface area contributed by atoms with Gasteiger partial charge in [0.25, 0.3) is 0 Å². The van der Waals surface area contributed by atoms with Gasteiger partial charge in [0.15, 0.2) is 6.29 Å². The molecular formula is C32H31ClIN3O5. The van der Waals surface area contributed by atoms with Crippen molar-refractivity contribution in [2.45, 2.75) is 63.5 Å². The lowest BCUT2D eigenvalue weighted by atomic mass is 9.77. The minimum atomic E-state index is -0.508. The molecule has 10 heteroatoms. The molecule has 0 saturated carbocycles. The van der Waals surface area contributed by atoms with Gasteiger partial charge in [-0.1, -0.05) is 67.9 Å². The SMILES string of the molecule is CC1(C)CC(OC(=O)Nc2cc(CCC(=O)Nc3ccc(C=O)c(Cl)c3)ccc2-c2ccccc2)C2C3OC3C1N2I. The number of hydrogen-bond donors (Lipinski definition) is 2. The monoisotopic (exact) mass is 699 g/mol. The summed E-state index contributed by atoms with van der Waals surface area (Å²) in [6.07, 6.45) is 1.64. The fourth-order valence-electron chi connectivity index (χ4n) is 6.33. The summed E-state index contributed by atoms with van der Waals surface area (Å²) in [4.78, 5) is 37.0. The normalized spacial score (nSPS) is 25.3. The maximum atomic E-state index is 13.3. The lowest BCUT2D eigenvalue weighted by Gasteiger charge is -2.46. The van der Waals surface area contributed by atoms with Crippen molar-refractivity contribution < 1.29 is 23.9 Å². The molecule has 3 aliphatic rings. The van der Waals surface area contributed by atoms with Gasteiger partial charge in [-0.25, -0.2) is 7.91 Å². The third-order valence-corrected chi connectivity index (χ3v) is 9.96. The summed E-state index contributed by atoms with van der Waals surface area (Å²) in [6.45, 7) is 4.42. The van der Waals surface area contributed by atoms with Crippen LogP contribution in [-0.2, 0) is 20.7 Å². The molecule has 3 aromatic carbocycles. The summed E-state index contributed by atoms with van der Waals surface area (Å²) < 4.78 is 14.3. The van der Waals surface area contributed by atoms with E-state index in [0.717, 1.165) is 23.1 Å². The van der Waals surface area contributed by atoms with E-state index in [1.54, 1.807) is 18.2 Å². The van der Waals surface area contributed by atoms with E-state index < -0.39 is 6.09 Å². The number of nitrogens with zero attached hydrogens (tertiary/aromatic N) is 1. The first-order valence-corrected chi connectivity index (χ1v) is 15.3. The lowest BCUT2D eigenvalue weighted by molar-refractivity contribution is -0.116. The molecule has 5 unspecified atom stereocenters. The zero-order chi connectivity index (χ0) is 29.6. The molecule has 0 radical (unpaired) electrons. The Hall–Kier alpha value is -2.99. The highest BCUT2D eigenvalue weighted by molar-refractivity contribution is 14.1. The average Bonchev–Trinajstić information content (AvgIpc) is 3.66. The van der Waals surface area contributed by atoms with Crippen molar-refractivity contribution in [2.75, 3.05) is 10.6 Å². The van der Waals surface area contributed by atoms with Crippen LogP contribution in [0.4, 0.5) is 16.2 Å². The summed E-state index contributed by atoms with van der Waals surface area (Å²) in [5.74, 6) is -0.190. The highest BCUT2D eigenvalue weighted by Gasteiger charge is 2.70. The van der Waals surface area contributed by atoms with Crippen molar-refractivity contribution in [1.82, 2.24) is 3.11 Å². The first-order chi connectivity index (χ1) is 20.1. The summed E-state index contributed by atoms with van der Waals surface area (Å²) in [6, 6.07) is 20.8. The molecule has 6 rings (SSSR count). The number of aldehydes is 1. The zero-order valence-corrected chi connectivity index (χ0v) is 26.1. The van der Waals surface area contributed by atoms with Gasteiger partial charge in [0.1, 0.15) is 18.3 Å². The summed E-state index contributed by atoms with van der Waals surface area (Å²) in [5, 5.41) is 6.10. The van der Waals surface area contributed by atoms with Crippen LogP contribution in [0.25, 0.3) is 11.1 Å². The number of carbonyl (C=O) groups is 3. The van der Waals surface area contributed by atoms with Crippen molar-refractivity contribution in [3.63, 3.8) is 0 Å². The number of halogens is 2. The number of amides is 2. The second kappa shape index (κ2) is 11.6. The Labute approximate surface area is 263 Å². The molecule has 0 spiro atoms. The van der Waals surface area contributed by atoms with Crippen LogP contribution in [0.5, 0.6) is 0 Å². The number of hydrogen-bond acceptors (Lipinski definition) is 6. The molecule has 0 aromatic heterocycles. The minimum Gasteiger partial charge on any atom is -0.444 e. The quantitative estimate of drug-likeness (QED) is 0.115. The van der Waals surface area contributed by atoms with Gasteiger partial charge in [0.2, 0.25) is 5.91 Å². The molecule has 218 valence electrons. The molecule has 2 amide bonds. The molecule has 2 bridgehead atoms. The van der Waals surface area contributed by atoms with E-state index in [4.69, 9.17) is 21.1 Å². The Morgan fingerprint density at radius 2 is 1.88 bits per heavy atom. The second-order valence-corrected chi connectivity index (χ2v) is 13.3. The molecule has 5 atom stereocenters. The van der Waals surface area contributed by atoms with Crippen molar-refractivity contribution >= 4 is 64.1 Å². The van der Waals surface area contributed by atoms with E-state index in [2.05, 4.69) is 50.5 Å². The van der Waals surface area contributed by atoms with E-state index in [1.165, 1.54) is 0 Å². The third-order valence-electron chi connectivity index (χ3n) is 8.38. The Morgan fingerprint density at radius 1 is 1.10 bits per heavy atom. The van der Waals surface area contributed by atoms with Gasteiger partial charge in [-0.3, -0.25) is 14.9 Å². The van der Waals surface area contributed by atoms with E-state index in [-0.39, 0.29) is 47.1 Å². The van der Waals surface area contributed by atoms with Gasteiger partial charge in [-0.2, -0.15) is 0 Å². The number of epoxide rings is 1. The van der Waals surface area contributed by atoms with Gasteiger partial charge in [0.05, 0.1) is 22.8 Å². The predicted octanol–water partition coefficient (Wildman–Crippen LogP) is 6.91. The van der Waals surface area contributed by atoms with Crippen molar-refractivity contribution in [1.29, 1.82) is 0 Å². The van der Waals surface area contributed by atoms with Crippen LogP contribution in [0.1, 0.15) is 42.6 Å². The van der Waals surface area contributed by atoms with Crippen LogP contribution in [-0.4, -0.2) is 51.8 Å². The highest BCUT2D eigenvalue weighted by Crippen LogP contribution is 2.57. The Kier molecular flexibility index (Phi) is 8.03. The molecule has 3 saturated heterocycles. The number of benzene rings is 3. The maximum Gasteiger partial charge on any atom is 0.411 e. The second-order valence-electron chi connectivity index (χ2n) is 11.8. The molecular weight excluding hydrogens is 669 g/mol. The Balaban J connectivity index is 1.16. The molecule has 2 N–H and O–H groups in total. The number of aryl methyl sites for hydroxylation is 1. The van der Waals surface area contributed by atoms with Crippen LogP contribution in [0.2, 0.25) is 5.02 Å². The number of nitrogens with one attached hydrogen (secondary N) is 2. The third kappa shape index (κ3) is 5.79. The first-order valence-electron chi connectivity index (χ1n) is 13.9. The lowest BCUT2D eigenvalue weighted by Crippen LogP contribution is -2.56. The maximum absolute atomic E-state index is 13.3. The van der Waals surface area contributed by atoms with Gasteiger partial charge >= 0.3 is 6.09 Å². The van der Waals surface area contributed by atoms with E-state index in [9.17, 15) is 14.4 Å². The molecule has 3 aliphatic heterocycles. The minimum absolute atomic E-state index is 0.0438. The Morgan fingerprint density at radius 3 is 2.62 bits per heavy atom. The molecule has 0 aliphatic carbocycles. The van der Waals surface area contributed by atoms with Crippen LogP contribution in [0.3, 0.4) is 0 Å². The smallest absolute Gasteiger partial charge is 0.411 e. The zero-order valence-electron chi connectivity index (χ0n) is 23.2. The van der Waals surface area contributed by atoms with Crippen molar-refractivity contribution in [3.05, 3.63) is 82.9 Å². The van der Waals surface area contributed by atoms with Crippen LogP contribution in [0, 0.1) is 5.41 Å². The van der Waals surface area contributed by atoms with Crippen LogP contribution in [0.15, 0.2) is 66.7 Å². The van der Waals surface area contributed by atoms with Crippen LogP contribution >= 0.6 is 34.5 Å². The van der Waals surface area contributed by atoms with Crippen LogP contribution < -0.4 is 10.6 Å². The summed E-state index contributed by atoms with van der Waals surface area (Å²) >= 11 is 8.44. The number of ether oxygens (including phenoxy) is 2. The predicted molar refractivity (Wildman–Crippen MR) is 170 cm³/mol. The number of morpholine rings is 1. The number of rotatable bonds is 8. The van der Waals surface area contributed by atoms with Crippen molar-refractivity contribution in [2.24, 2.45) is 5.41 Å². The Bertz CT molecular complexity index is 1530. The standard InChI is InChI=1S/C32H31ClIN3O5/c1-32(2)16-25(27-28-29(42-28)30(32)37(27)34)41-31(40)36-24-14-18(8-12-22(24)19-6-4-3-5-7-19)9-13-26(39)35-21-11-10-20(17-38)23(33)15-21/h3-8,10-12,14-15,17,25,27-30H,9,13,16H2,1-2H3,(H,35,39)(H,36,40). The molecule has 3 heterocycles. The number of carbonyl (C=O) groups excluding carboxylic acids is 3. The van der Waals surface area contributed by atoms with E-state index in [1.807, 2.05) is 48.5 Å². The largest absolute Gasteiger partial charge is 0.444 e. The number of anilines is 2. The van der Waals surface area contributed by atoms with E-state index >= 15 is 0 Å². The molecule has 3 aromatic rings. The number of piperidine rings is 1. The summed E-state index contributed by atoms with van der Waals surface area (Å²) in [7, 11) is 0. The number of fused-ring (bicyclic) bond motifs is 5. The molecule has 8 nitrogen and oxygen atoms in total. The fourth-order valence-corrected chi connectivity index (χ4v) is 8.30. The van der Waals surface area contributed by atoms with Gasteiger partial charge < -0.3 is 14.8 Å². The van der Waals surface area contributed by atoms with Crippen molar-refractivity contribution in [3.8, 4) is 11.1 Å². The summed E-state index contributed by atoms with van der Waals surface area (Å²) in [5.41, 5.74) is 4.16. The molecule has 42 heavy (non-hydrogen) atoms. The molecule has 3 fully saturated rings. The average molecular weight is 700 g/mol. The van der Waals surface area contributed by atoms with Gasteiger partial charge in [0, 0.05) is 46.1 Å². The fraction of sp³-hybridized carbons (Fsp3) is 0.344. The topological polar surface area (TPSA) is 100 Å². The van der Waals surface area contributed by atoms with Gasteiger partial charge in [-0.05, 0) is 53.6 Å². The highest BCUT2D eigenvalue weighted by atomic mass is 127. The first kappa shape index (κ1) is 29.1. The van der Waals surface area contributed by atoms with Gasteiger partial charge in [-0.15, -0.1) is 0 Å². The van der Waals surface area contributed by atoms with E-state index in [0.29, 0.717) is 35.7 Å².